The Hall–Kier alpha value is -2.22. The van der Waals surface area contributed by atoms with Gasteiger partial charge in [0.1, 0.15) is 0 Å². The molecule has 0 aliphatic carbocycles. The number of thiophene rings is 1. The predicted octanol–water partition coefficient (Wildman–Crippen LogP) is 1.86. The molecule has 144 valence electrons. The molecular formula is C20H25N3O3S. The van der Waals surface area contributed by atoms with E-state index in [2.05, 4.69) is 27.0 Å². The zero-order valence-electron chi connectivity index (χ0n) is 15.4. The average Bonchev–Trinajstić information content (AvgIpc) is 3.22. The van der Waals surface area contributed by atoms with Gasteiger partial charge < -0.3 is 15.4 Å². The molecule has 1 unspecified atom stereocenters. The van der Waals surface area contributed by atoms with E-state index in [4.69, 9.17) is 4.74 Å². The van der Waals surface area contributed by atoms with Crippen LogP contribution < -0.4 is 10.6 Å². The van der Waals surface area contributed by atoms with Gasteiger partial charge in [0, 0.05) is 26.2 Å². The molecule has 2 amide bonds. The number of amides is 2. The molecule has 1 fully saturated rings. The summed E-state index contributed by atoms with van der Waals surface area (Å²) in [6.07, 6.45) is 0. The summed E-state index contributed by atoms with van der Waals surface area (Å²) < 4.78 is 5.42. The summed E-state index contributed by atoms with van der Waals surface area (Å²) >= 11 is 1.63. The summed E-state index contributed by atoms with van der Waals surface area (Å²) in [6.45, 7) is 5.74. The van der Waals surface area contributed by atoms with Gasteiger partial charge in [-0.2, -0.15) is 11.3 Å². The highest BCUT2D eigenvalue weighted by molar-refractivity contribution is 7.08. The fourth-order valence-electron chi connectivity index (χ4n) is 3.05. The summed E-state index contributed by atoms with van der Waals surface area (Å²) in [7, 11) is 0. The maximum atomic E-state index is 12.2. The first-order valence-electron chi connectivity index (χ1n) is 9.09. The summed E-state index contributed by atoms with van der Waals surface area (Å²) in [5.41, 5.74) is 3.28. The van der Waals surface area contributed by atoms with Crippen molar-refractivity contribution in [3.63, 3.8) is 0 Å². The maximum absolute atomic E-state index is 12.2. The monoisotopic (exact) mass is 387 g/mol. The molecular weight excluding hydrogens is 362 g/mol. The Morgan fingerprint density at radius 3 is 2.48 bits per heavy atom. The standard InChI is InChI=1S/C20H25N3O3S/c1-15-2-4-16(5-3-15)12-21-19(24)20(25)22-13-18(17-6-11-27-14-17)23-7-9-26-10-8-23/h2-6,11,14,18H,7-10,12-13H2,1H3,(H,21,24)(H,22,25). The lowest BCUT2D eigenvalue weighted by Crippen LogP contribution is -2.46. The minimum Gasteiger partial charge on any atom is -0.379 e. The van der Waals surface area contributed by atoms with Crippen LogP contribution in [0.4, 0.5) is 0 Å². The third-order valence-electron chi connectivity index (χ3n) is 4.65. The first-order chi connectivity index (χ1) is 13.1. The van der Waals surface area contributed by atoms with Crippen molar-refractivity contribution in [1.82, 2.24) is 15.5 Å². The SMILES string of the molecule is Cc1ccc(CNC(=O)C(=O)NCC(c2ccsc2)N2CCOCC2)cc1. The number of rotatable bonds is 6. The Bertz CT molecular complexity index is 740. The number of carbonyl (C=O) groups is 2. The van der Waals surface area contributed by atoms with Crippen molar-refractivity contribution in [2.24, 2.45) is 0 Å². The molecule has 6 nitrogen and oxygen atoms in total. The summed E-state index contributed by atoms with van der Waals surface area (Å²) in [5, 5.41) is 9.57. The van der Waals surface area contributed by atoms with Crippen LogP contribution in [0, 0.1) is 6.92 Å². The molecule has 0 saturated carbocycles. The van der Waals surface area contributed by atoms with Crippen LogP contribution in [0.15, 0.2) is 41.1 Å². The van der Waals surface area contributed by atoms with Gasteiger partial charge >= 0.3 is 11.8 Å². The van der Waals surface area contributed by atoms with Crippen LogP contribution in [0.25, 0.3) is 0 Å². The fourth-order valence-corrected chi connectivity index (χ4v) is 3.76. The first kappa shape index (κ1) is 19.5. The Balaban J connectivity index is 1.52. The molecule has 1 aliphatic rings. The minimum absolute atomic E-state index is 0.0500. The third-order valence-corrected chi connectivity index (χ3v) is 5.35. The Kier molecular flexibility index (Phi) is 6.98. The zero-order chi connectivity index (χ0) is 19.1. The second-order valence-corrected chi connectivity index (χ2v) is 7.38. The van der Waals surface area contributed by atoms with E-state index in [1.54, 1.807) is 11.3 Å². The van der Waals surface area contributed by atoms with Gasteiger partial charge in [0.05, 0.1) is 19.3 Å². The molecule has 0 bridgehead atoms. The number of hydrogen-bond donors (Lipinski definition) is 2. The van der Waals surface area contributed by atoms with Crippen molar-refractivity contribution in [2.45, 2.75) is 19.5 Å². The zero-order valence-corrected chi connectivity index (χ0v) is 16.3. The highest BCUT2D eigenvalue weighted by Gasteiger charge is 2.24. The van der Waals surface area contributed by atoms with Crippen LogP contribution in [0.2, 0.25) is 0 Å². The van der Waals surface area contributed by atoms with Crippen LogP contribution in [0.5, 0.6) is 0 Å². The van der Waals surface area contributed by atoms with Gasteiger partial charge in [0.15, 0.2) is 0 Å². The van der Waals surface area contributed by atoms with E-state index in [1.807, 2.05) is 36.6 Å². The van der Waals surface area contributed by atoms with E-state index in [0.29, 0.717) is 26.3 Å². The second kappa shape index (κ2) is 9.64. The Morgan fingerprint density at radius 2 is 1.81 bits per heavy atom. The van der Waals surface area contributed by atoms with Crippen molar-refractivity contribution in [3.05, 3.63) is 57.8 Å². The van der Waals surface area contributed by atoms with Crippen molar-refractivity contribution in [1.29, 1.82) is 0 Å². The van der Waals surface area contributed by atoms with Gasteiger partial charge in [-0.1, -0.05) is 29.8 Å². The lowest BCUT2D eigenvalue weighted by atomic mass is 10.1. The minimum atomic E-state index is -0.610. The smallest absolute Gasteiger partial charge is 0.309 e. The summed E-state index contributed by atoms with van der Waals surface area (Å²) in [4.78, 5) is 26.6. The van der Waals surface area contributed by atoms with Gasteiger partial charge in [-0.25, -0.2) is 0 Å². The second-order valence-electron chi connectivity index (χ2n) is 6.60. The Labute approximate surface area is 163 Å². The molecule has 2 N–H and O–H groups in total. The molecule has 0 spiro atoms. The van der Waals surface area contributed by atoms with Crippen molar-refractivity contribution < 1.29 is 14.3 Å². The van der Waals surface area contributed by atoms with Gasteiger partial charge in [-0.15, -0.1) is 0 Å². The fraction of sp³-hybridized carbons (Fsp3) is 0.400. The lowest BCUT2D eigenvalue weighted by Gasteiger charge is -2.34. The number of nitrogens with zero attached hydrogens (tertiary/aromatic N) is 1. The molecule has 7 heteroatoms. The van der Waals surface area contributed by atoms with Crippen LogP contribution in [-0.4, -0.2) is 49.6 Å². The number of benzene rings is 1. The van der Waals surface area contributed by atoms with Gasteiger partial charge in [0.25, 0.3) is 0 Å². The van der Waals surface area contributed by atoms with Crippen LogP contribution in [0.1, 0.15) is 22.7 Å². The number of ether oxygens (including phenoxy) is 1. The van der Waals surface area contributed by atoms with Gasteiger partial charge in [0.2, 0.25) is 0 Å². The van der Waals surface area contributed by atoms with E-state index in [9.17, 15) is 9.59 Å². The van der Waals surface area contributed by atoms with Crippen LogP contribution in [-0.2, 0) is 20.9 Å². The van der Waals surface area contributed by atoms with E-state index in [0.717, 1.165) is 29.8 Å². The average molecular weight is 388 g/mol. The van der Waals surface area contributed by atoms with Gasteiger partial charge in [-0.3, -0.25) is 14.5 Å². The van der Waals surface area contributed by atoms with Crippen molar-refractivity contribution in [2.75, 3.05) is 32.8 Å². The number of carbonyl (C=O) groups excluding carboxylic acids is 2. The lowest BCUT2D eigenvalue weighted by molar-refractivity contribution is -0.139. The van der Waals surface area contributed by atoms with Crippen LogP contribution >= 0.6 is 11.3 Å². The number of nitrogens with one attached hydrogen (secondary N) is 2. The molecule has 0 radical (unpaired) electrons. The molecule has 3 rings (SSSR count). The highest BCUT2D eigenvalue weighted by Crippen LogP contribution is 2.23. The molecule has 2 aromatic rings. The topological polar surface area (TPSA) is 70.7 Å². The molecule has 1 aromatic heterocycles. The van der Waals surface area contributed by atoms with E-state index >= 15 is 0 Å². The Morgan fingerprint density at radius 1 is 1.11 bits per heavy atom. The molecule has 1 saturated heterocycles. The molecule has 1 atom stereocenters. The molecule has 2 heterocycles. The third kappa shape index (κ3) is 5.63. The largest absolute Gasteiger partial charge is 0.379 e. The highest BCUT2D eigenvalue weighted by atomic mass is 32.1. The van der Waals surface area contributed by atoms with E-state index in [-0.39, 0.29) is 6.04 Å². The number of morpholine rings is 1. The first-order valence-corrected chi connectivity index (χ1v) is 10.0. The molecule has 1 aromatic carbocycles. The van der Waals surface area contributed by atoms with E-state index < -0.39 is 11.8 Å². The van der Waals surface area contributed by atoms with E-state index in [1.165, 1.54) is 0 Å². The van der Waals surface area contributed by atoms with Crippen molar-refractivity contribution >= 4 is 23.2 Å². The summed E-state index contributed by atoms with van der Waals surface area (Å²) in [6, 6.07) is 9.96. The number of aryl methyl sites for hydroxylation is 1. The normalized spacial score (nSPS) is 15.9. The molecule has 1 aliphatic heterocycles. The maximum Gasteiger partial charge on any atom is 0.309 e. The van der Waals surface area contributed by atoms with Crippen molar-refractivity contribution in [3.8, 4) is 0 Å². The predicted molar refractivity (Wildman–Crippen MR) is 105 cm³/mol. The van der Waals surface area contributed by atoms with Crippen LogP contribution in [0.3, 0.4) is 0 Å². The quantitative estimate of drug-likeness (QED) is 0.743. The number of hydrogen-bond acceptors (Lipinski definition) is 5. The summed E-state index contributed by atoms with van der Waals surface area (Å²) in [5.74, 6) is -1.21. The van der Waals surface area contributed by atoms with Gasteiger partial charge in [-0.05, 0) is 34.9 Å². The molecule has 27 heavy (non-hydrogen) atoms.